The Bertz CT molecular complexity index is 497. The fourth-order valence-corrected chi connectivity index (χ4v) is 2.12. The molecule has 0 spiro atoms. The van der Waals surface area contributed by atoms with Gasteiger partial charge in [-0.2, -0.15) is 21.6 Å². The van der Waals surface area contributed by atoms with Crippen molar-refractivity contribution in [2.24, 2.45) is 0 Å². The van der Waals surface area contributed by atoms with Crippen LogP contribution in [0.1, 0.15) is 5.56 Å². The Balaban J connectivity index is 3.46. The molecule has 0 aromatic heterocycles. The van der Waals surface area contributed by atoms with Crippen molar-refractivity contribution in [3.8, 4) is 5.75 Å². The number of rotatable bonds is 2. The molecule has 0 saturated heterocycles. The van der Waals surface area contributed by atoms with E-state index in [1.165, 1.54) is 23.0 Å². The Morgan fingerprint density at radius 3 is 2.25 bits per heavy atom. The van der Waals surface area contributed by atoms with E-state index in [9.17, 15) is 21.6 Å². The lowest BCUT2D eigenvalue weighted by molar-refractivity contribution is -0.137. The molecule has 0 aliphatic carbocycles. The zero-order valence-corrected chi connectivity index (χ0v) is 10.3. The molecule has 4 nitrogen and oxygen atoms in total. The molecular weight excluding hydrogens is 364 g/mol. The Labute approximate surface area is 103 Å². The SMILES string of the molecule is O=S(=O)(O)c1cc(C(F)(F)F)ccc1OI. The number of hydrogen-bond donors (Lipinski definition) is 1. The number of hydrogen-bond acceptors (Lipinski definition) is 3. The topological polar surface area (TPSA) is 63.6 Å². The molecule has 1 aromatic carbocycles. The molecular formula is C7H4F3IO4S. The summed E-state index contributed by atoms with van der Waals surface area (Å²) in [6.45, 7) is 0. The molecule has 0 heterocycles. The fourth-order valence-electron chi connectivity index (χ4n) is 0.950. The standard InChI is InChI=1S/C7H4F3IO4S/c8-7(9,10)4-1-2-5(15-11)6(3-4)16(12,13)14/h1-3H,(H,12,13,14). The first-order valence-electron chi connectivity index (χ1n) is 3.63. The van der Waals surface area contributed by atoms with Gasteiger partial charge in [0, 0.05) is 0 Å². The van der Waals surface area contributed by atoms with Crippen LogP contribution in [0.25, 0.3) is 0 Å². The van der Waals surface area contributed by atoms with Gasteiger partial charge in [0.25, 0.3) is 10.1 Å². The average Bonchev–Trinajstić information content (AvgIpc) is 2.14. The largest absolute Gasteiger partial charge is 0.426 e. The minimum Gasteiger partial charge on any atom is -0.426 e. The zero-order chi connectivity index (χ0) is 12.6. The lowest BCUT2D eigenvalue weighted by Gasteiger charge is -2.09. The van der Waals surface area contributed by atoms with E-state index in [-0.39, 0.29) is 5.75 Å². The van der Waals surface area contributed by atoms with Crippen molar-refractivity contribution >= 4 is 33.1 Å². The van der Waals surface area contributed by atoms with E-state index >= 15 is 0 Å². The van der Waals surface area contributed by atoms with Crippen molar-refractivity contribution in [3.63, 3.8) is 0 Å². The smallest absolute Gasteiger partial charge is 0.416 e. The maximum absolute atomic E-state index is 12.3. The molecule has 0 unspecified atom stereocenters. The van der Waals surface area contributed by atoms with E-state index in [2.05, 4.69) is 3.07 Å². The molecule has 0 aliphatic heterocycles. The van der Waals surface area contributed by atoms with E-state index in [0.717, 1.165) is 6.07 Å². The highest BCUT2D eigenvalue weighted by molar-refractivity contribution is 14.1. The van der Waals surface area contributed by atoms with Crippen LogP contribution in [0.3, 0.4) is 0 Å². The highest BCUT2D eigenvalue weighted by Gasteiger charge is 2.32. The minimum atomic E-state index is -4.76. The summed E-state index contributed by atoms with van der Waals surface area (Å²) in [5.74, 6) is -0.365. The van der Waals surface area contributed by atoms with Crippen LogP contribution in [-0.4, -0.2) is 13.0 Å². The van der Waals surface area contributed by atoms with Crippen LogP contribution in [0, 0.1) is 0 Å². The second kappa shape index (κ2) is 4.37. The number of alkyl halides is 3. The van der Waals surface area contributed by atoms with Gasteiger partial charge in [-0.1, -0.05) is 0 Å². The first-order chi connectivity index (χ1) is 7.16. The molecule has 0 aliphatic rings. The molecule has 0 saturated carbocycles. The third-order valence-corrected chi connectivity index (χ3v) is 2.98. The van der Waals surface area contributed by atoms with E-state index in [4.69, 9.17) is 4.55 Å². The van der Waals surface area contributed by atoms with Gasteiger partial charge >= 0.3 is 6.18 Å². The summed E-state index contributed by atoms with van der Waals surface area (Å²) in [4.78, 5) is -0.920. The van der Waals surface area contributed by atoms with Crippen molar-refractivity contribution < 1.29 is 29.2 Å². The molecule has 1 rings (SSSR count). The van der Waals surface area contributed by atoms with Crippen molar-refractivity contribution in [2.45, 2.75) is 11.1 Å². The normalized spacial score (nSPS) is 12.6. The minimum absolute atomic E-state index is 0.309. The summed E-state index contributed by atoms with van der Waals surface area (Å²) in [5, 5.41) is 0. The quantitative estimate of drug-likeness (QED) is 0.644. The lowest BCUT2D eigenvalue weighted by Crippen LogP contribution is -2.08. The zero-order valence-electron chi connectivity index (χ0n) is 7.32. The van der Waals surface area contributed by atoms with Gasteiger partial charge in [0.05, 0.1) is 5.56 Å². The van der Waals surface area contributed by atoms with Crippen LogP contribution < -0.4 is 3.07 Å². The van der Waals surface area contributed by atoms with Crippen LogP contribution in [0.2, 0.25) is 0 Å². The Morgan fingerprint density at radius 1 is 1.31 bits per heavy atom. The van der Waals surface area contributed by atoms with Crippen LogP contribution in [0.15, 0.2) is 23.1 Å². The second-order valence-corrected chi connectivity index (χ2v) is 4.54. The van der Waals surface area contributed by atoms with Gasteiger partial charge in [-0.05, 0) is 18.2 Å². The maximum Gasteiger partial charge on any atom is 0.416 e. The van der Waals surface area contributed by atoms with E-state index in [1.807, 2.05) is 0 Å². The van der Waals surface area contributed by atoms with Crippen molar-refractivity contribution in [1.29, 1.82) is 0 Å². The van der Waals surface area contributed by atoms with Crippen molar-refractivity contribution in [3.05, 3.63) is 23.8 Å². The summed E-state index contributed by atoms with van der Waals surface area (Å²) in [6.07, 6.45) is -4.69. The van der Waals surface area contributed by atoms with Gasteiger partial charge < -0.3 is 3.07 Å². The van der Waals surface area contributed by atoms with Gasteiger partial charge in [-0.3, -0.25) is 4.55 Å². The predicted octanol–water partition coefficient (Wildman–Crippen LogP) is 2.68. The molecule has 0 fully saturated rings. The Kier molecular flexibility index (Phi) is 3.69. The Morgan fingerprint density at radius 2 is 1.88 bits per heavy atom. The first-order valence-corrected chi connectivity index (χ1v) is 5.95. The maximum atomic E-state index is 12.3. The second-order valence-electron chi connectivity index (χ2n) is 2.71. The van der Waals surface area contributed by atoms with E-state index in [0.29, 0.717) is 12.1 Å². The van der Waals surface area contributed by atoms with Crippen molar-refractivity contribution in [2.75, 3.05) is 0 Å². The highest BCUT2D eigenvalue weighted by atomic mass is 127. The predicted molar refractivity (Wildman–Crippen MR) is 55.9 cm³/mol. The van der Waals surface area contributed by atoms with E-state index in [1.54, 1.807) is 0 Å². The fraction of sp³-hybridized carbons (Fsp3) is 0.143. The van der Waals surface area contributed by atoms with Gasteiger partial charge in [0.1, 0.15) is 4.90 Å². The first kappa shape index (κ1) is 13.5. The molecule has 9 heteroatoms. The van der Waals surface area contributed by atoms with Crippen LogP contribution in [0.4, 0.5) is 13.2 Å². The van der Waals surface area contributed by atoms with Gasteiger partial charge in [-0.15, -0.1) is 0 Å². The molecule has 0 radical (unpaired) electrons. The molecule has 16 heavy (non-hydrogen) atoms. The van der Waals surface area contributed by atoms with Gasteiger partial charge in [-0.25, -0.2) is 0 Å². The number of halogens is 4. The molecule has 0 amide bonds. The summed E-state index contributed by atoms with van der Waals surface area (Å²) < 4.78 is 71.6. The van der Waals surface area contributed by atoms with Crippen LogP contribution in [-0.2, 0) is 16.3 Å². The molecule has 0 atom stereocenters. The third-order valence-electron chi connectivity index (χ3n) is 1.63. The monoisotopic (exact) mass is 368 g/mol. The molecule has 1 aromatic rings. The number of benzene rings is 1. The van der Waals surface area contributed by atoms with E-state index < -0.39 is 26.8 Å². The van der Waals surface area contributed by atoms with Crippen molar-refractivity contribution in [1.82, 2.24) is 0 Å². The van der Waals surface area contributed by atoms with Gasteiger partial charge in [0.15, 0.2) is 28.8 Å². The summed E-state index contributed by atoms with van der Waals surface area (Å²) in [5.41, 5.74) is -1.18. The Hall–Kier alpha value is -0.550. The van der Waals surface area contributed by atoms with Crippen LogP contribution >= 0.6 is 23.0 Å². The lowest BCUT2D eigenvalue weighted by atomic mass is 10.2. The summed E-state index contributed by atoms with van der Waals surface area (Å²) in [7, 11) is -4.76. The molecule has 1 N–H and O–H groups in total. The van der Waals surface area contributed by atoms with Gasteiger partial charge in [0.2, 0.25) is 0 Å². The third kappa shape index (κ3) is 2.98. The summed E-state index contributed by atoms with van der Waals surface area (Å²) >= 11 is 1.29. The van der Waals surface area contributed by atoms with Crippen LogP contribution in [0.5, 0.6) is 5.75 Å². The average molecular weight is 368 g/mol. The highest BCUT2D eigenvalue weighted by Crippen LogP contribution is 2.34. The molecule has 0 bridgehead atoms. The molecule has 90 valence electrons. The summed E-state index contributed by atoms with van der Waals surface area (Å²) in [6, 6.07) is 1.78.